The van der Waals surface area contributed by atoms with Crippen molar-refractivity contribution >= 4 is 0 Å². The highest BCUT2D eigenvalue weighted by atomic mass is 19.1. The number of rotatable bonds is 3. The van der Waals surface area contributed by atoms with E-state index < -0.39 is 11.6 Å². The Kier molecular flexibility index (Phi) is 4.06. The second-order valence-corrected chi connectivity index (χ2v) is 8.78. The van der Waals surface area contributed by atoms with Gasteiger partial charge in [-0.3, -0.25) is 9.80 Å². The normalized spacial score (nSPS) is 32.6. The Morgan fingerprint density at radius 3 is 2.45 bits per heavy atom. The van der Waals surface area contributed by atoms with E-state index in [0.29, 0.717) is 36.0 Å². The standard InChI is InChI=1S/C23H24F2N2O2/c24-17-7-14(8-18(25)10-17)11-27-12-19(16-1-2-20-21(9-16)29-13-28-20)23-22(27)15-3-5-26(23)6-4-15/h1-2,7-10,15,19,22-23H,3-6,11-13H2/t19-,22+,23+/m1/s1. The molecule has 3 atom stereocenters. The second kappa shape index (κ2) is 6.67. The lowest BCUT2D eigenvalue weighted by Crippen LogP contribution is -2.59. The van der Waals surface area contributed by atoms with Crippen LogP contribution in [0.2, 0.25) is 0 Å². The van der Waals surface area contributed by atoms with Crippen LogP contribution in [0.15, 0.2) is 36.4 Å². The highest BCUT2D eigenvalue weighted by molar-refractivity contribution is 5.46. The molecule has 7 rings (SSSR count). The van der Waals surface area contributed by atoms with Crippen molar-refractivity contribution in [2.45, 2.75) is 37.4 Å². The molecule has 4 fully saturated rings. The first-order chi connectivity index (χ1) is 14.2. The maximum Gasteiger partial charge on any atom is 0.231 e. The Bertz CT molecular complexity index is 924. The largest absolute Gasteiger partial charge is 0.454 e. The number of nitrogens with zero attached hydrogens (tertiary/aromatic N) is 2. The van der Waals surface area contributed by atoms with Crippen LogP contribution in [-0.4, -0.2) is 48.3 Å². The minimum absolute atomic E-state index is 0.279. The average molecular weight is 398 g/mol. The molecule has 4 saturated heterocycles. The number of likely N-dealkylation sites (tertiary alicyclic amines) is 1. The van der Waals surface area contributed by atoms with Crippen LogP contribution >= 0.6 is 0 Å². The monoisotopic (exact) mass is 398 g/mol. The van der Waals surface area contributed by atoms with E-state index in [1.165, 1.54) is 30.5 Å². The molecule has 2 bridgehead atoms. The topological polar surface area (TPSA) is 24.9 Å². The molecule has 152 valence electrons. The number of fused-ring (bicyclic) bond motifs is 3. The summed E-state index contributed by atoms with van der Waals surface area (Å²) < 4.78 is 38.6. The van der Waals surface area contributed by atoms with Gasteiger partial charge in [0.15, 0.2) is 11.5 Å². The van der Waals surface area contributed by atoms with E-state index in [0.717, 1.165) is 37.2 Å². The molecule has 0 spiro atoms. The molecule has 2 aromatic carbocycles. The number of hydrogen-bond acceptors (Lipinski definition) is 4. The van der Waals surface area contributed by atoms with Crippen LogP contribution in [0, 0.1) is 17.6 Å². The summed E-state index contributed by atoms with van der Waals surface area (Å²) in [6.07, 6.45) is 2.42. The van der Waals surface area contributed by atoms with Gasteiger partial charge in [0.2, 0.25) is 6.79 Å². The molecular weight excluding hydrogens is 374 g/mol. The zero-order valence-corrected chi connectivity index (χ0v) is 16.2. The molecule has 0 amide bonds. The molecule has 0 unspecified atom stereocenters. The van der Waals surface area contributed by atoms with Crippen LogP contribution in [0.5, 0.6) is 11.5 Å². The van der Waals surface area contributed by atoms with Gasteiger partial charge in [0.25, 0.3) is 0 Å². The van der Waals surface area contributed by atoms with Crippen LogP contribution < -0.4 is 9.47 Å². The van der Waals surface area contributed by atoms with Gasteiger partial charge in [-0.05, 0) is 67.2 Å². The first-order valence-corrected chi connectivity index (χ1v) is 10.5. The van der Waals surface area contributed by atoms with Crippen molar-refractivity contribution in [2.24, 2.45) is 5.92 Å². The van der Waals surface area contributed by atoms with E-state index in [1.807, 2.05) is 6.07 Å². The third-order valence-electron chi connectivity index (χ3n) is 7.23. The predicted molar refractivity (Wildman–Crippen MR) is 104 cm³/mol. The quantitative estimate of drug-likeness (QED) is 0.786. The van der Waals surface area contributed by atoms with Gasteiger partial charge >= 0.3 is 0 Å². The van der Waals surface area contributed by atoms with E-state index in [9.17, 15) is 8.78 Å². The van der Waals surface area contributed by atoms with E-state index in [-0.39, 0.29) is 6.79 Å². The third kappa shape index (κ3) is 2.92. The molecule has 6 heteroatoms. The molecule has 0 aromatic heterocycles. The summed E-state index contributed by atoms with van der Waals surface area (Å²) in [4.78, 5) is 5.09. The molecule has 4 nitrogen and oxygen atoms in total. The zero-order valence-electron chi connectivity index (χ0n) is 16.2. The number of hydrogen-bond donors (Lipinski definition) is 0. The highest BCUT2D eigenvalue weighted by Crippen LogP contribution is 2.48. The SMILES string of the molecule is Fc1cc(F)cc(CN2C[C@H](c3ccc4c(c3)OCO4)[C@H]3[C@@H]2C2CCN3CC2)c1. The minimum Gasteiger partial charge on any atom is -0.454 e. The number of halogens is 2. The van der Waals surface area contributed by atoms with Crippen molar-refractivity contribution in [2.75, 3.05) is 26.4 Å². The molecule has 0 aliphatic carbocycles. The third-order valence-corrected chi connectivity index (χ3v) is 7.23. The van der Waals surface area contributed by atoms with Crippen LogP contribution in [0.3, 0.4) is 0 Å². The lowest BCUT2D eigenvalue weighted by Gasteiger charge is -2.51. The smallest absolute Gasteiger partial charge is 0.231 e. The van der Waals surface area contributed by atoms with Crippen molar-refractivity contribution in [1.29, 1.82) is 0 Å². The van der Waals surface area contributed by atoms with E-state index in [2.05, 4.69) is 21.9 Å². The van der Waals surface area contributed by atoms with Crippen molar-refractivity contribution in [3.8, 4) is 11.5 Å². The highest BCUT2D eigenvalue weighted by Gasteiger charge is 2.53. The van der Waals surface area contributed by atoms with E-state index >= 15 is 0 Å². The van der Waals surface area contributed by atoms with Crippen molar-refractivity contribution < 1.29 is 18.3 Å². The van der Waals surface area contributed by atoms with Gasteiger partial charge in [-0.25, -0.2) is 8.78 Å². The van der Waals surface area contributed by atoms with E-state index in [4.69, 9.17) is 9.47 Å². The fourth-order valence-electron chi connectivity index (χ4n) is 6.10. The molecule has 29 heavy (non-hydrogen) atoms. The molecule has 5 aliphatic rings. The minimum atomic E-state index is -0.503. The summed E-state index contributed by atoms with van der Waals surface area (Å²) in [5.41, 5.74) is 1.98. The summed E-state index contributed by atoms with van der Waals surface area (Å²) >= 11 is 0. The average Bonchev–Trinajstić information content (AvgIpc) is 3.33. The van der Waals surface area contributed by atoms with E-state index in [1.54, 1.807) is 0 Å². The predicted octanol–water partition coefficient (Wildman–Crippen LogP) is 3.76. The van der Waals surface area contributed by atoms with Gasteiger partial charge in [-0.2, -0.15) is 0 Å². The lowest BCUT2D eigenvalue weighted by molar-refractivity contribution is -0.00873. The summed E-state index contributed by atoms with van der Waals surface area (Å²) in [6.45, 7) is 4.05. The lowest BCUT2D eigenvalue weighted by atomic mass is 9.75. The van der Waals surface area contributed by atoms with Crippen molar-refractivity contribution in [3.05, 3.63) is 59.2 Å². The van der Waals surface area contributed by atoms with Gasteiger partial charge < -0.3 is 9.47 Å². The zero-order chi connectivity index (χ0) is 19.5. The summed E-state index contributed by atoms with van der Waals surface area (Å²) in [5.74, 6) is 1.63. The molecule has 2 aromatic rings. The Balaban J connectivity index is 1.34. The van der Waals surface area contributed by atoms with Gasteiger partial charge in [-0.1, -0.05) is 6.07 Å². The summed E-state index contributed by atoms with van der Waals surface area (Å²) in [7, 11) is 0. The Labute approximate surface area is 169 Å². The number of ether oxygens (including phenoxy) is 2. The number of benzene rings is 2. The van der Waals surface area contributed by atoms with Crippen LogP contribution in [0.25, 0.3) is 0 Å². The molecule has 5 aliphatic heterocycles. The second-order valence-electron chi connectivity index (χ2n) is 8.78. The molecule has 0 N–H and O–H groups in total. The molecule has 0 radical (unpaired) electrons. The van der Waals surface area contributed by atoms with Crippen LogP contribution in [0.1, 0.15) is 29.9 Å². The van der Waals surface area contributed by atoms with Gasteiger partial charge in [0.05, 0.1) is 0 Å². The number of piperidine rings is 3. The maximum absolute atomic E-state index is 13.8. The first kappa shape index (κ1) is 17.7. The Morgan fingerprint density at radius 1 is 0.897 bits per heavy atom. The van der Waals surface area contributed by atoms with Gasteiger partial charge in [-0.15, -0.1) is 0 Å². The summed E-state index contributed by atoms with van der Waals surface area (Å²) in [5, 5.41) is 0. The van der Waals surface area contributed by atoms with Gasteiger partial charge in [0.1, 0.15) is 11.6 Å². The van der Waals surface area contributed by atoms with Gasteiger partial charge in [0, 0.05) is 37.2 Å². The van der Waals surface area contributed by atoms with Crippen LogP contribution in [-0.2, 0) is 6.54 Å². The Hall–Kier alpha value is -2.18. The fourth-order valence-corrected chi connectivity index (χ4v) is 6.10. The molecule has 0 saturated carbocycles. The molecular formula is C23H24F2N2O2. The van der Waals surface area contributed by atoms with Crippen molar-refractivity contribution in [3.63, 3.8) is 0 Å². The maximum atomic E-state index is 13.8. The van der Waals surface area contributed by atoms with Crippen LogP contribution in [0.4, 0.5) is 8.78 Å². The van der Waals surface area contributed by atoms with Crippen molar-refractivity contribution in [1.82, 2.24) is 9.80 Å². The fraction of sp³-hybridized carbons (Fsp3) is 0.478. The first-order valence-electron chi connectivity index (χ1n) is 10.5. The molecule has 5 heterocycles. The summed E-state index contributed by atoms with van der Waals surface area (Å²) in [6, 6.07) is 11.0. The Morgan fingerprint density at radius 2 is 1.66 bits per heavy atom.